The maximum atomic E-state index is 12.3. The van der Waals surface area contributed by atoms with Crippen LogP contribution in [-0.2, 0) is 0 Å². The van der Waals surface area contributed by atoms with Gasteiger partial charge in [0.15, 0.2) is 0 Å². The number of nitrogens with one attached hydrogen (secondary N) is 1. The van der Waals surface area contributed by atoms with E-state index in [1.54, 1.807) is 18.5 Å². The minimum atomic E-state index is -0.105. The van der Waals surface area contributed by atoms with Crippen LogP contribution >= 0.6 is 15.9 Å². The summed E-state index contributed by atoms with van der Waals surface area (Å²) in [4.78, 5) is 20.7. The molecular weight excluding hydrogens is 306 g/mol. The second kappa shape index (κ2) is 6.10. The Morgan fingerprint density at radius 2 is 2.05 bits per heavy atom. The van der Waals surface area contributed by atoms with Gasteiger partial charge < -0.3 is 5.32 Å². The van der Waals surface area contributed by atoms with Gasteiger partial charge in [0.25, 0.3) is 5.91 Å². The summed E-state index contributed by atoms with van der Waals surface area (Å²) in [6, 6.07) is 5.55. The van der Waals surface area contributed by atoms with Crippen molar-refractivity contribution in [1.29, 1.82) is 0 Å². The number of amides is 1. The van der Waals surface area contributed by atoms with E-state index in [0.29, 0.717) is 17.0 Å². The van der Waals surface area contributed by atoms with E-state index < -0.39 is 0 Å². The number of alkyl halides is 1. The van der Waals surface area contributed by atoms with Gasteiger partial charge in [-0.15, -0.1) is 0 Å². The summed E-state index contributed by atoms with van der Waals surface area (Å²) in [6.07, 6.45) is 3.23. The molecule has 1 aromatic heterocycles. The average Bonchev–Trinajstić information content (AvgIpc) is 2.45. The highest BCUT2D eigenvalue weighted by atomic mass is 79.9. The third-order valence-corrected chi connectivity index (χ3v) is 4.22. The third kappa shape index (κ3) is 3.10. The van der Waals surface area contributed by atoms with Crippen molar-refractivity contribution in [3.05, 3.63) is 36.2 Å². The number of rotatable bonds is 4. The fraction of sp³-hybridized carbons (Fsp3) is 0.357. The van der Waals surface area contributed by atoms with E-state index in [1.165, 1.54) is 0 Å². The van der Waals surface area contributed by atoms with Crippen LogP contribution in [0.25, 0.3) is 11.0 Å². The van der Waals surface area contributed by atoms with E-state index in [1.807, 2.05) is 19.1 Å². The summed E-state index contributed by atoms with van der Waals surface area (Å²) >= 11 is 3.43. The van der Waals surface area contributed by atoms with E-state index >= 15 is 0 Å². The monoisotopic (exact) mass is 321 g/mol. The number of nitrogens with zero attached hydrogens (tertiary/aromatic N) is 2. The van der Waals surface area contributed by atoms with Crippen molar-refractivity contribution >= 4 is 32.9 Å². The standard InChI is InChI=1S/C14H16BrN3O/c1-9(8-15)10(2)18-14(19)11-4-3-5-12-13(11)17-7-6-16-12/h3-7,9-10H,8H2,1-2H3,(H,18,19). The SMILES string of the molecule is CC(CBr)C(C)NC(=O)c1cccc2nccnc12. The number of aromatic nitrogens is 2. The van der Waals surface area contributed by atoms with E-state index in [4.69, 9.17) is 0 Å². The molecule has 0 spiro atoms. The van der Waals surface area contributed by atoms with Gasteiger partial charge in [-0.25, -0.2) is 0 Å². The lowest BCUT2D eigenvalue weighted by atomic mass is 10.1. The van der Waals surface area contributed by atoms with Gasteiger partial charge >= 0.3 is 0 Å². The molecule has 2 unspecified atom stereocenters. The molecule has 0 fully saturated rings. The second-order valence-electron chi connectivity index (χ2n) is 4.62. The Kier molecular flexibility index (Phi) is 4.47. The van der Waals surface area contributed by atoms with Crippen LogP contribution in [0.3, 0.4) is 0 Å². The van der Waals surface area contributed by atoms with Crippen LogP contribution in [-0.4, -0.2) is 27.2 Å². The molecule has 1 aromatic carbocycles. The number of para-hydroxylation sites is 1. The third-order valence-electron chi connectivity index (χ3n) is 3.20. The van der Waals surface area contributed by atoms with Gasteiger partial charge in [0.05, 0.1) is 11.1 Å². The molecule has 2 atom stereocenters. The van der Waals surface area contributed by atoms with E-state index in [-0.39, 0.29) is 11.9 Å². The van der Waals surface area contributed by atoms with Crippen LogP contribution in [0.2, 0.25) is 0 Å². The molecule has 0 aliphatic carbocycles. The van der Waals surface area contributed by atoms with E-state index in [0.717, 1.165) is 10.8 Å². The molecule has 0 aliphatic heterocycles. The van der Waals surface area contributed by atoms with Gasteiger partial charge in [-0.05, 0) is 25.0 Å². The minimum Gasteiger partial charge on any atom is -0.349 e. The number of hydrogen-bond donors (Lipinski definition) is 1. The molecule has 1 amide bonds. The average molecular weight is 322 g/mol. The highest BCUT2D eigenvalue weighted by Gasteiger charge is 2.17. The van der Waals surface area contributed by atoms with Gasteiger partial charge in [0, 0.05) is 23.8 Å². The molecule has 1 heterocycles. The molecule has 0 saturated heterocycles. The Balaban J connectivity index is 2.27. The maximum Gasteiger partial charge on any atom is 0.253 e. The topological polar surface area (TPSA) is 54.9 Å². The molecule has 0 bridgehead atoms. The van der Waals surface area contributed by atoms with Gasteiger partial charge in [0.1, 0.15) is 5.52 Å². The van der Waals surface area contributed by atoms with Gasteiger partial charge in [0.2, 0.25) is 0 Å². The summed E-state index contributed by atoms with van der Waals surface area (Å²) in [7, 11) is 0. The molecule has 2 aromatic rings. The van der Waals surface area contributed by atoms with E-state index in [9.17, 15) is 4.79 Å². The van der Waals surface area contributed by atoms with Crippen LogP contribution in [0, 0.1) is 5.92 Å². The molecule has 0 radical (unpaired) electrons. The molecule has 0 aliphatic rings. The molecule has 100 valence electrons. The highest BCUT2D eigenvalue weighted by molar-refractivity contribution is 9.09. The van der Waals surface area contributed by atoms with Crippen molar-refractivity contribution in [2.75, 3.05) is 5.33 Å². The minimum absolute atomic E-state index is 0.0961. The number of carbonyl (C=O) groups excluding carboxylic acids is 1. The van der Waals surface area contributed by atoms with Crippen molar-refractivity contribution in [2.24, 2.45) is 5.92 Å². The number of fused-ring (bicyclic) bond motifs is 1. The number of carbonyl (C=O) groups is 1. The van der Waals surface area contributed by atoms with Crippen molar-refractivity contribution in [2.45, 2.75) is 19.9 Å². The summed E-state index contributed by atoms with van der Waals surface area (Å²) in [5.74, 6) is 0.261. The first-order valence-electron chi connectivity index (χ1n) is 6.20. The van der Waals surface area contributed by atoms with Gasteiger partial charge in [-0.2, -0.15) is 0 Å². The van der Waals surface area contributed by atoms with Crippen molar-refractivity contribution in [3.8, 4) is 0 Å². The Bertz CT molecular complexity index is 582. The van der Waals surface area contributed by atoms with Crippen molar-refractivity contribution in [3.63, 3.8) is 0 Å². The molecule has 5 heteroatoms. The zero-order valence-electron chi connectivity index (χ0n) is 10.9. The normalized spacial score (nSPS) is 14.1. The maximum absolute atomic E-state index is 12.3. The Hall–Kier alpha value is -1.49. The lowest BCUT2D eigenvalue weighted by Crippen LogP contribution is -2.37. The highest BCUT2D eigenvalue weighted by Crippen LogP contribution is 2.14. The Morgan fingerprint density at radius 3 is 2.79 bits per heavy atom. The van der Waals surface area contributed by atoms with Gasteiger partial charge in [-0.3, -0.25) is 14.8 Å². The zero-order chi connectivity index (χ0) is 13.8. The first kappa shape index (κ1) is 13.9. The van der Waals surface area contributed by atoms with Gasteiger partial charge in [-0.1, -0.05) is 28.9 Å². The summed E-state index contributed by atoms with van der Waals surface area (Å²) < 4.78 is 0. The molecule has 4 nitrogen and oxygen atoms in total. The molecule has 1 N–H and O–H groups in total. The first-order chi connectivity index (χ1) is 9.13. The van der Waals surface area contributed by atoms with Crippen LogP contribution < -0.4 is 5.32 Å². The fourth-order valence-electron chi connectivity index (χ4n) is 1.74. The van der Waals surface area contributed by atoms with Crippen molar-refractivity contribution in [1.82, 2.24) is 15.3 Å². The number of halogens is 1. The van der Waals surface area contributed by atoms with Crippen LogP contribution in [0.4, 0.5) is 0 Å². The first-order valence-corrected chi connectivity index (χ1v) is 7.32. The quantitative estimate of drug-likeness (QED) is 0.881. The fourth-order valence-corrected chi connectivity index (χ4v) is 2.30. The van der Waals surface area contributed by atoms with Crippen LogP contribution in [0.5, 0.6) is 0 Å². The number of hydrogen-bond acceptors (Lipinski definition) is 3. The largest absolute Gasteiger partial charge is 0.349 e. The summed E-state index contributed by atoms with van der Waals surface area (Å²) in [5, 5.41) is 3.85. The molecular formula is C14H16BrN3O. The Labute approximate surface area is 120 Å². The summed E-state index contributed by atoms with van der Waals surface area (Å²) in [5.41, 5.74) is 1.94. The lowest BCUT2D eigenvalue weighted by Gasteiger charge is -2.19. The second-order valence-corrected chi connectivity index (χ2v) is 5.27. The molecule has 2 rings (SSSR count). The van der Waals surface area contributed by atoms with Crippen molar-refractivity contribution < 1.29 is 4.79 Å². The van der Waals surface area contributed by atoms with E-state index in [2.05, 4.69) is 38.1 Å². The molecule has 19 heavy (non-hydrogen) atoms. The lowest BCUT2D eigenvalue weighted by molar-refractivity contribution is 0.0932. The predicted octanol–water partition coefficient (Wildman–Crippen LogP) is 2.78. The predicted molar refractivity (Wildman–Crippen MR) is 79.4 cm³/mol. The Morgan fingerprint density at radius 1 is 1.32 bits per heavy atom. The zero-order valence-corrected chi connectivity index (χ0v) is 12.5. The molecule has 0 saturated carbocycles. The van der Waals surface area contributed by atoms with Crippen LogP contribution in [0.15, 0.2) is 30.6 Å². The smallest absolute Gasteiger partial charge is 0.253 e. The van der Waals surface area contributed by atoms with Crippen LogP contribution in [0.1, 0.15) is 24.2 Å². The summed E-state index contributed by atoms with van der Waals surface area (Å²) in [6.45, 7) is 4.09. The number of benzene rings is 1.